The Morgan fingerprint density at radius 3 is 2.23 bits per heavy atom. The summed E-state index contributed by atoms with van der Waals surface area (Å²) in [6, 6.07) is 0. The van der Waals surface area contributed by atoms with Gasteiger partial charge < -0.3 is 10.2 Å². The minimum Gasteiger partial charge on any atom is -0.478 e. The molecule has 0 aromatic heterocycles. The van der Waals surface area contributed by atoms with E-state index in [1.807, 2.05) is 6.92 Å². The van der Waals surface area contributed by atoms with Gasteiger partial charge >= 0.3 is 11.9 Å². The third-order valence-electron chi connectivity index (χ3n) is 2.32. The Kier molecular flexibility index (Phi) is 2.70. The second-order valence-corrected chi connectivity index (χ2v) is 3.42. The maximum absolute atomic E-state index is 10.7. The molecule has 0 aromatic carbocycles. The van der Waals surface area contributed by atoms with Gasteiger partial charge in [-0.05, 0) is 25.2 Å². The summed E-state index contributed by atoms with van der Waals surface area (Å²) < 4.78 is 0. The SMILES string of the molecule is CC1CCC(C(=O)O)=C(C(=O)O)C1. The Labute approximate surface area is 75.9 Å². The molecule has 0 radical (unpaired) electrons. The van der Waals surface area contributed by atoms with Crippen LogP contribution in [-0.2, 0) is 9.59 Å². The van der Waals surface area contributed by atoms with Crippen LogP contribution in [0.4, 0.5) is 0 Å². The van der Waals surface area contributed by atoms with E-state index in [9.17, 15) is 9.59 Å². The van der Waals surface area contributed by atoms with Gasteiger partial charge in [-0.3, -0.25) is 0 Å². The van der Waals surface area contributed by atoms with E-state index in [-0.39, 0.29) is 17.1 Å². The molecule has 0 fully saturated rings. The third-order valence-corrected chi connectivity index (χ3v) is 2.32. The zero-order valence-electron chi connectivity index (χ0n) is 7.41. The largest absolute Gasteiger partial charge is 0.478 e. The molecule has 13 heavy (non-hydrogen) atoms. The van der Waals surface area contributed by atoms with Gasteiger partial charge in [0.2, 0.25) is 0 Å². The number of rotatable bonds is 2. The number of hydrogen-bond acceptors (Lipinski definition) is 2. The molecular weight excluding hydrogens is 172 g/mol. The van der Waals surface area contributed by atoms with Gasteiger partial charge in [-0.15, -0.1) is 0 Å². The van der Waals surface area contributed by atoms with Crippen LogP contribution in [0.15, 0.2) is 11.1 Å². The highest BCUT2D eigenvalue weighted by Crippen LogP contribution is 2.29. The van der Waals surface area contributed by atoms with E-state index in [1.165, 1.54) is 0 Å². The van der Waals surface area contributed by atoms with Crippen molar-refractivity contribution >= 4 is 11.9 Å². The highest BCUT2D eigenvalue weighted by molar-refractivity contribution is 5.99. The summed E-state index contributed by atoms with van der Waals surface area (Å²) >= 11 is 0. The Morgan fingerprint density at radius 1 is 1.23 bits per heavy atom. The highest BCUT2D eigenvalue weighted by Gasteiger charge is 2.26. The van der Waals surface area contributed by atoms with Crippen LogP contribution >= 0.6 is 0 Å². The topological polar surface area (TPSA) is 74.6 Å². The molecule has 0 amide bonds. The molecule has 1 aliphatic rings. The first-order chi connectivity index (χ1) is 6.02. The lowest BCUT2D eigenvalue weighted by Gasteiger charge is -2.19. The molecular formula is C9H12O4. The maximum Gasteiger partial charge on any atom is 0.332 e. The van der Waals surface area contributed by atoms with Gasteiger partial charge in [0.1, 0.15) is 0 Å². The zero-order chi connectivity index (χ0) is 10.0. The fourth-order valence-electron chi connectivity index (χ4n) is 1.57. The summed E-state index contributed by atoms with van der Waals surface area (Å²) in [4.78, 5) is 21.3. The van der Waals surface area contributed by atoms with Crippen LogP contribution in [0.1, 0.15) is 26.2 Å². The first-order valence-corrected chi connectivity index (χ1v) is 4.21. The van der Waals surface area contributed by atoms with E-state index < -0.39 is 11.9 Å². The molecule has 1 rings (SSSR count). The third kappa shape index (κ3) is 2.08. The monoisotopic (exact) mass is 184 g/mol. The highest BCUT2D eigenvalue weighted by atomic mass is 16.4. The van der Waals surface area contributed by atoms with E-state index in [2.05, 4.69) is 0 Å². The minimum atomic E-state index is -1.09. The van der Waals surface area contributed by atoms with Gasteiger partial charge in [-0.25, -0.2) is 9.59 Å². The molecule has 1 aliphatic carbocycles. The van der Waals surface area contributed by atoms with Gasteiger partial charge in [0, 0.05) is 11.1 Å². The second kappa shape index (κ2) is 3.60. The smallest absolute Gasteiger partial charge is 0.332 e. The average Bonchev–Trinajstić information content (AvgIpc) is 2.03. The molecule has 0 bridgehead atoms. The zero-order valence-corrected chi connectivity index (χ0v) is 7.41. The van der Waals surface area contributed by atoms with Gasteiger partial charge in [-0.2, -0.15) is 0 Å². The number of carboxylic acid groups (broad SMARTS) is 2. The Morgan fingerprint density at radius 2 is 1.77 bits per heavy atom. The number of hydrogen-bond donors (Lipinski definition) is 2. The lowest BCUT2D eigenvalue weighted by molar-refractivity contribution is -0.136. The minimum absolute atomic E-state index is 0.0746. The molecule has 0 saturated carbocycles. The van der Waals surface area contributed by atoms with Gasteiger partial charge in [0.15, 0.2) is 0 Å². The van der Waals surface area contributed by atoms with E-state index in [4.69, 9.17) is 10.2 Å². The maximum atomic E-state index is 10.7. The molecule has 1 atom stereocenters. The first-order valence-electron chi connectivity index (χ1n) is 4.21. The molecule has 4 nitrogen and oxygen atoms in total. The summed E-state index contributed by atoms with van der Waals surface area (Å²) in [6.07, 6.45) is 1.51. The fraction of sp³-hybridized carbons (Fsp3) is 0.556. The van der Waals surface area contributed by atoms with Crippen LogP contribution in [-0.4, -0.2) is 22.2 Å². The molecule has 0 aliphatic heterocycles. The van der Waals surface area contributed by atoms with Crippen molar-refractivity contribution < 1.29 is 19.8 Å². The second-order valence-electron chi connectivity index (χ2n) is 3.42. The van der Waals surface area contributed by atoms with Crippen LogP contribution < -0.4 is 0 Å². The quantitative estimate of drug-likeness (QED) is 0.677. The van der Waals surface area contributed by atoms with E-state index >= 15 is 0 Å². The van der Waals surface area contributed by atoms with E-state index in [1.54, 1.807) is 0 Å². The van der Waals surface area contributed by atoms with Crippen molar-refractivity contribution in [3.63, 3.8) is 0 Å². The molecule has 72 valence electrons. The molecule has 0 spiro atoms. The van der Waals surface area contributed by atoms with E-state index in [0.29, 0.717) is 12.8 Å². The average molecular weight is 184 g/mol. The van der Waals surface area contributed by atoms with Gasteiger partial charge in [0.25, 0.3) is 0 Å². The standard InChI is InChI=1S/C9H12O4/c1-5-2-3-6(8(10)11)7(4-5)9(12)13/h5H,2-4H2,1H3,(H,10,11)(H,12,13). The number of carboxylic acids is 2. The van der Waals surface area contributed by atoms with Crippen molar-refractivity contribution in [2.24, 2.45) is 5.92 Å². The summed E-state index contributed by atoms with van der Waals surface area (Å²) in [5.74, 6) is -1.91. The van der Waals surface area contributed by atoms with Crippen LogP contribution in [0, 0.1) is 5.92 Å². The van der Waals surface area contributed by atoms with Crippen LogP contribution in [0.5, 0.6) is 0 Å². The fourth-order valence-corrected chi connectivity index (χ4v) is 1.57. The van der Waals surface area contributed by atoms with Crippen molar-refractivity contribution in [3.05, 3.63) is 11.1 Å². The van der Waals surface area contributed by atoms with Crippen molar-refractivity contribution in [1.29, 1.82) is 0 Å². The normalized spacial score (nSPS) is 23.0. The Hall–Kier alpha value is -1.32. The predicted octanol–water partition coefficient (Wildman–Crippen LogP) is 1.27. The summed E-state index contributed by atoms with van der Waals surface area (Å²) in [6.45, 7) is 1.93. The summed E-state index contributed by atoms with van der Waals surface area (Å²) in [5.41, 5.74) is 0.150. The van der Waals surface area contributed by atoms with Crippen LogP contribution in [0.25, 0.3) is 0 Å². The lowest BCUT2D eigenvalue weighted by Crippen LogP contribution is -2.18. The van der Waals surface area contributed by atoms with Crippen molar-refractivity contribution in [2.45, 2.75) is 26.2 Å². The Balaban J connectivity index is 3.01. The summed E-state index contributed by atoms with van der Waals surface area (Å²) in [7, 11) is 0. The molecule has 0 aromatic rings. The number of aliphatic carboxylic acids is 2. The molecule has 1 unspecified atom stereocenters. The van der Waals surface area contributed by atoms with Gasteiger partial charge in [-0.1, -0.05) is 6.92 Å². The lowest BCUT2D eigenvalue weighted by atomic mass is 9.85. The molecule has 2 N–H and O–H groups in total. The predicted molar refractivity (Wildman–Crippen MR) is 45.3 cm³/mol. The molecule has 0 heterocycles. The Bertz CT molecular complexity index is 277. The van der Waals surface area contributed by atoms with Crippen molar-refractivity contribution in [2.75, 3.05) is 0 Å². The van der Waals surface area contributed by atoms with Crippen LogP contribution in [0.2, 0.25) is 0 Å². The molecule has 0 saturated heterocycles. The van der Waals surface area contributed by atoms with Gasteiger partial charge in [0.05, 0.1) is 0 Å². The van der Waals surface area contributed by atoms with Crippen molar-refractivity contribution in [3.8, 4) is 0 Å². The number of carbonyl (C=O) groups is 2. The van der Waals surface area contributed by atoms with E-state index in [0.717, 1.165) is 6.42 Å². The van der Waals surface area contributed by atoms with Crippen LogP contribution in [0.3, 0.4) is 0 Å². The first kappa shape index (κ1) is 9.77. The molecule has 4 heteroatoms. The van der Waals surface area contributed by atoms with Crippen molar-refractivity contribution in [1.82, 2.24) is 0 Å². The summed E-state index contributed by atoms with van der Waals surface area (Å²) in [5, 5.41) is 17.5.